The Hall–Kier alpha value is -1.60. The molecule has 15 heavy (non-hydrogen) atoms. The van der Waals surface area contributed by atoms with Crippen LogP contribution < -0.4 is 0 Å². The van der Waals surface area contributed by atoms with Gasteiger partial charge in [0.25, 0.3) is 0 Å². The molecule has 3 nitrogen and oxygen atoms in total. The van der Waals surface area contributed by atoms with Crippen molar-refractivity contribution in [2.45, 2.75) is 6.92 Å². The Morgan fingerprint density at radius 3 is 2.87 bits per heavy atom. The summed E-state index contributed by atoms with van der Waals surface area (Å²) < 4.78 is 2.84. The zero-order chi connectivity index (χ0) is 10.8. The molecule has 2 aromatic rings. The summed E-state index contributed by atoms with van der Waals surface area (Å²) in [5.41, 5.74) is 1.49. The number of halogens is 1. The van der Waals surface area contributed by atoms with Gasteiger partial charge in [0.15, 0.2) is 0 Å². The molecule has 0 amide bonds. The molecule has 0 spiro atoms. The zero-order valence-electron chi connectivity index (χ0n) is 8.11. The van der Waals surface area contributed by atoms with Gasteiger partial charge in [-0.2, -0.15) is 5.26 Å². The van der Waals surface area contributed by atoms with Crippen LogP contribution in [0.15, 0.2) is 35.1 Å². The monoisotopic (exact) mass is 261 g/mol. The highest BCUT2D eigenvalue weighted by Gasteiger charge is 2.06. The second kappa shape index (κ2) is 3.87. The third-order valence-electron chi connectivity index (χ3n) is 2.17. The second-order valence-electron chi connectivity index (χ2n) is 3.12. The third kappa shape index (κ3) is 1.79. The van der Waals surface area contributed by atoms with Crippen LogP contribution in [-0.4, -0.2) is 9.55 Å². The smallest absolute Gasteiger partial charge is 0.110 e. The van der Waals surface area contributed by atoms with Crippen molar-refractivity contribution >= 4 is 15.9 Å². The number of imidazole rings is 1. The van der Waals surface area contributed by atoms with Crippen molar-refractivity contribution in [2.75, 3.05) is 0 Å². The van der Waals surface area contributed by atoms with Crippen LogP contribution in [0.1, 0.15) is 11.4 Å². The lowest BCUT2D eigenvalue weighted by Crippen LogP contribution is -1.98. The Bertz CT molecular complexity index is 537. The molecule has 2 rings (SSSR count). The maximum Gasteiger partial charge on any atom is 0.110 e. The number of aromatic nitrogens is 2. The maximum atomic E-state index is 9.00. The molecule has 1 heterocycles. The van der Waals surface area contributed by atoms with E-state index in [1.165, 1.54) is 0 Å². The third-order valence-corrected chi connectivity index (χ3v) is 2.66. The Kier molecular flexibility index (Phi) is 2.57. The van der Waals surface area contributed by atoms with Crippen LogP contribution >= 0.6 is 15.9 Å². The van der Waals surface area contributed by atoms with Crippen LogP contribution in [0.5, 0.6) is 0 Å². The Morgan fingerprint density at radius 1 is 1.47 bits per heavy atom. The first-order chi connectivity index (χ1) is 7.22. The number of nitriles is 1. The summed E-state index contributed by atoms with van der Waals surface area (Å²) >= 11 is 3.39. The molecule has 0 aliphatic carbocycles. The Labute approximate surface area is 96.1 Å². The summed E-state index contributed by atoms with van der Waals surface area (Å²) in [6.45, 7) is 1.90. The predicted molar refractivity (Wildman–Crippen MR) is 60.7 cm³/mol. The fraction of sp³-hybridized carbons (Fsp3) is 0.0909. The molecule has 4 heteroatoms. The minimum absolute atomic E-state index is 0.638. The lowest BCUT2D eigenvalue weighted by atomic mass is 10.2. The minimum Gasteiger partial charge on any atom is -0.303 e. The van der Waals surface area contributed by atoms with Crippen LogP contribution in [0, 0.1) is 18.3 Å². The van der Waals surface area contributed by atoms with Crippen LogP contribution in [0.4, 0.5) is 0 Å². The Balaban J connectivity index is 2.67. The van der Waals surface area contributed by atoms with Crippen LogP contribution in [0.2, 0.25) is 0 Å². The van der Waals surface area contributed by atoms with E-state index in [-0.39, 0.29) is 0 Å². The number of hydrogen-bond donors (Lipinski definition) is 0. The van der Waals surface area contributed by atoms with Crippen LogP contribution in [0.3, 0.4) is 0 Å². The van der Waals surface area contributed by atoms with Gasteiger partial charge in [0, 0.05) is 16.9 Å². The van der Waals surface area contributed by atoms with Crippen molar-refractivity contribution in [1.29, 1.82) is 5.26 Å². The highest BCUT2D eigenvalue weighted by Crippen LogP contribution is 2.20. The average molecular weight is 262 g/mol. The molecule has 0 unspecified atom stereocenters. The normalized spacial score (nSPS) is 9.93. The number of aryl methyl sites for hydroxylation is 1. The number of nitrogens with zero attached hydrogens (tertiary/aromatic N) is 3. The van der Waals surface area contributed by atoms with Gasteiger partial charge in [-0.25, -0.2) is 4.98 Å². The standard InChI is InChI=1S/C11H8BrN3/c1-8-14-4-5-15(8)11-6-10(12)3-2-9(11)7-13/h2-6H,1H3. The Morgan fingerprint density at radius 2 is 2.27 bits per heavy atom. The summed E-state index contributed by atoms with van der Waals surface area (Å²) in [7, 11) is 0. The largest absolute Gasteiger partial charge is 0.303 e. The van der Waals surface area contributed by atoms with E-state index in [9.17, 15) is 0 Å². The summed E-state index contributed by atoms with van der Waals surface area (Å²) in [6.07, 6.45) is 3.56. The van der Waals surface area contributed by atoms with Crippen molar-refractivity contribution in [2.24, 2.45) is 0 Å². The topological polar surface area (TPSA) is 41.6 Å². The first kappa shape index (κ1) is 9.94. The van der Waals surface area contributed by atoms with E-state index in [0.717, 1.165) is 16.0 Å². The first-order valence-electron chi connectivity index (χ1n) is 4.42. The first-order valence-corrected chi connectivity index (χ1v) is 5.21. The minimum atomic E-state index is 0.638. The zero-order valence-corrected chi connectivity index (χ0v) is 9.69. The average Bonchev–Trinajstić information content (AvgIpc) is 2.64. The summed E-state index contributed by atoms with van der Waals surface area (Å²) in [5, 5.41) is 9.00. The fourth-order valence-corrected chi connectivity index (χ4v) is 1.78. The second-order valence-corrected chi connectivity index (χ2v) is 4.03. The van der Waals surface area contributed by atoms with Crippen molar-refractivity contribution in [3.8, 4) is 11.8 Å². The van der Waals surface area contributed by atoms with E-state index in [1.807, 2.05) is 29.8 Å². The molecule has 1 aromatic heterocycles. The van der Waals surface area contributed by atoms with Gasteiger partial charge in [0.05, 0.1) is 11.3 Å². The lowest BCUT2D eigenvalue weighted by molar-refractivity contribution is 0.970. The predicted octanol–water partition coefficient (Wildman–Crippen LogP) is 2.81. The molecule has 0 radical (unpaired) electrons. The molecule has 0 aliphatic heterocycles. The summed E-state index contributed by atoms with van der Waals surface area (Å²) in [4.78, 5) is 4.14. The van der Waals surface area contributed by atoms with E-state index in [2.05, 4.69) is 27.0 Å². The number of rotatable bonds is 1. The van der Waals surface area contributed by atoms with E-state index in [4.69, 9.17) is 5.26 Å². The van der Waals surface area contributed by atoms with Gasteiger partial charge < -0.3 is 4.57 Å². The van der Waals surface area contributed by atoms with Gasteiger partial charge in [-0.1, -0.05) is 15.9 Å². The molecule has 74 valence electrons. The van der Waals surface area contributed by atoms with Crippen molar-refractivity contribution in [3.05, 3.63) is 46.5 Å². The molecule has 0 atom stereocenters. The highest BCUT2D eigenvalue weighted by atomic mass is 79.9. The fourth-order valence-electron chi connectivity index (χ4n) is 1.43. The van der Waals surface area contributed by atoms with Gasteiger partial charge in [0.2, 0.25) is 0 Å². The molecular formula is C11H8BrN3. The van der Waals surface area contributed by atoms with E-state index < -0.39 is 0 Å². The molecule has 0 bridgehead atoms. The molecule has 0 N–H and O–H groups in total. The molecule has 0 saturated heterocycles. The SMILES string of the molecule is Cc1nccn1-c1cc(Br)ccc1C#N. The molecule has 0 fully saturated rings. The lowest BCUT2D eigenvalue weighted by Gasteiger charge is -2.07. The maximum absolute atomic E-state index is 9.00. The quantitative estimate of drug-likeness (QED) is 0.792. The summed E-state index contributed by atoms with van der Waals surface area (Å²) in [6, 6.07) is 7.72. The van der Waals surface area contributed by atoms with Crippen molar-refractivity contribution < 1.29 is 0 Å². The van der Waals surface area contributed by atoms with Crippen LogP contribution in [-0.2, 0) is 0 Å². The van der Waals surface area contributed by atoms with Gasteiger partial charge in [0.1, 0.15) is 11.9 Å². The van der Waals surface area contributed by atoms with Gasteiger partial charge >= 0.3 is 0 Å². The highest BCUT2D eigenvalue weighted by molar-refractivity contribution is 9.10. The number of hydrogen-bond acceptors (Lipinski definition) is 2. The van der Waals surface area contributed by atoms with E-state index in [1.54, 1.807) is 12.3 Å². The molecule has 0 aliphatic rings. The van der Waals surface area contributed by atoms with Gasteiger partial charge in [-0.3, -0.25) is 0 Å². The number of benzene rings is 1. The molecule has 1 aromatic carbocycles. The van der Waals surface area contributed by atoms with E-state index in [0.29, 0.717) is 5.56 Å². The van der Waals surface area contributed by atoms with E-state index >= 15 is 0 Å². The molecule has 0 saturated carbocycles. The molecular weight excluding hydrogens is 254 g/mol. The van der Waals surface area contributed by atoms with Crippen molar-refractivity contribution in [3.63, 3.8) is 0 Å². The summed E-state index contributed by atoms with van der Waals surface area (Å²) in [5.74, 6) is 0.865. The van der Waals surface area contributed by atoms with Gasteiger partial charge in [-0.05, 0) is 25.1 Å². The van der Waals surface area contributed by atoms with Crippen LogP contribution in [0.25, 0.3) is 5.69 Å². The van der Waals surface area contributed by atoms with Crippen molar-refractivity contribution in [1.82, 2.24) is 9.55 Å². The van der Waals surface area contributed by atoms with Gasteiger partial charge in [-0.15, -0.1) is 0 Å².